The van der Waals surface area contributed by atoms with E-state index in [9.17, 15) is 13.2 Å². The second-order valence-corrected chi connectivity index (χ2v) is 5.82. The van der Waals surface area contributed by atoms with Crippen molar-refractivity contribution in [2.45, 2.75) is 30.7 Å². The smallest absolute Gasteiger partial charge is 0.322 e. The van der Waals surface area contributed by atoms with Gasteiger partial charge >= 0.3 is 5.97 Å². The molecular formula is C9H13N3O4S. The standard InChI is InChI=1S/C9H13N3O4S/c1-5-7(4-10-11-5)17(15,16)12-8(9(13)14)6-2-3-6/h4,6,8,12H,2-3H2,1H3,(H,10,11)(H,13,14). The number of aryl methyl sites for hydroxylation is 1. The fourth-order valence-corrected chi connectivity index (χ4v) is 3.01. The van der Waals surface area contributed by atoms with E-state index in [2.05, 4.69) is 14.9 Å². The lowest BCUT2D eigenvalue weighted by Gasteiger charge is -2.13. The lowest BCUT2D eigenvalue weighted by molar-refractivity contribution is -0.139. The summed E-state index contributed by atoms with van der Waals surface area (Å²) in [6, 6.07) is -1.05. The van der Waals surface area contributed by atoms with E-state index in [-0.39, 0.29) is 10.8 Å². The van der Waals surface area contributed by atoms with Gasteiger partial charge in [0.2, 0.25) is 10.0 Å². The van der Waals surface area contributed by atoms with Crippen molar-refractivity contribution < 1.29 is 18.3 Å². The Labute approximate surface area is 98.3 Å². The zero-order valence-corrected chi connectivity index (χ0v) is 9.99. The number of nitrogens with zero attached hydrogens (tertiary/aromatic N) is 1. The summed E-state index contributed by atoms with van der Waals surface area (Å²) in [5.41, 5.74) is 0.387. The van der Waals surface area contributed by atoms with Gasteiger partial charge in [-0.1, -0.05) is 0 Å². The summed E-state index contributed by atoms with van der Waals surface area (Å²) in [5, 5.41) is 15.1. The van der Waals surface area contributed by atoms with E-state index in [1.807, 2.05) is 0 Å². The molecule has 1 aromatic rings. The van der Waals surface area contributed by atoms with Crippen LogP contribution in [0.25, 0.3) is 0 Å². The molecule has 1 atom stereocenters. The van der Waals surface area contributed by atoms with Crippen LogP contribution in [0.4, 0.5) is 0 Å². The minimum atomic E-state index is -3.82. The highest BCUT2D eigenvalue weighted by Crippen LogP contribution is 2.33. The Morgan fingerprint density at radius 2 is 2.29 bits per heavy atom. The third-order valence-corrected chi connectivity index (χ3v) is 4.27. The molecule has 0 aromatic carbocycles. The van der Waals surface area contributed by atoms with Crippen molar-refractivity contribution in [1.29, 1.82) is 0 Å². The highest BCUT2D eigenvalue weighted by Gasteiger charge is 2.39. The molecule has 0 spiro atoms. The Kier molecular flexibility index (Phi) is 2.92. The van der Waals surface area contributed by atoms with Crippen molar-refractivity contribution >= 4 is 16.0 Å². The van der Waals surface area contributed by atoms with Crippen molar-refractivity contribution in [2.24, 2.45) is 5.92 Å². The van der Waals surface area contributed by atoms with Crippen LogP contribution in [-0.2, 0) is 14.8 Å². The van der Waals surface area contributed by atoms with Gasteiger partial charge in [0, 0.05) is 0 Å². The van der Waals surface area contributed by atoms with Crippen LogP contribution in [0.1, 0.15) is 18.5 Å². The van der Waals surface area contributed by atoms with Gasteiger partial charge < -0.3 is 5.11 Å². The summed E-state index contributed by atoms with van der Waals surface area (Å²) in [7, 11) is -3.82. The Morgan fingerprint density at radius 3 is 2.71 bits per heavy atom. The van der Waals surface area contributed by atoms with Gasteiger partial charge in [-0.3, -0.25) is 9.89 Å². The molecule has 1 aromatic heterocycles. The van der Waals surface area contributed by atoms with Gasteiger partial charge in [0.25, 0.3) is 0 Å². The van der Waals surface area contributed by atoms with Crippen molar-refractivity contribution in [3.8, 4) is 0 Å². The molecular weight excluding hydrogens is 246 g/mol. The maximum Gasteiger partial charge on any atom is 0.322 e. The summed E-state index contributed by atoms with van der Waals surface area (Å²) in [6.45, 7) is 1.56. The number of nitrogens with one attached hydrogen (secondary N) is 2. The number of hydrogen-bond donors (Lipinski definition) is 3. The molecule has 8 heteroatoms. The highest BCUT2D eigenvalue weighted by atomic mass is 32.2. The molecule has 1 fully saturated rings. The molecule has 0 amide bonds. The molecule has 3 N–H and O–H groups in total. The first-order chi connectivity index (χ1) is 7.92. The first kappa shape index (κ1) is 12.1. The molecule has 94 valence electrons. The van der Waals surface area contributed by atoms with Gasteiger partial charge in [0.1, 0.15) is 10.9 Å². The van der Waals surface area contributed by atoms with Crippen LogP contribution in [0.15, 0.2) is 11.1 Å². The van der Waals surface area contributed by atoms with E-state index in [1.165, 1.54) is 6.20 Å². The topological polar surface area (TPSA) is 112 Å². The number of aliphatic carboxylic acids is 1. The number of carboxylic acid groups (broad SMARTS) is 1. The van der Waals surface area contributed by atoms with Gasteiger partial charge in [0.05, 0.1) is 11.9 Å². The molecule has 0 saturated heterocycles. The number of hydrogen-bond acceptors (Lipinski definition) is 4. The Hall–Kier alpha value is -1.41. The second-order valence-electron chi connectivity index (χ2n) is 4.13. The zero-order valence-electron chi connectivity index (χ0n) is 9.17. The SMILES string of the molecule is Cc1[nH]ncc1S(=O)(=O)NC(C(=O)O)C1CC1. The predicted molar refractivity (Wildman–Crippen MR) is 57.8 cm³/mol. The lowest BCUT2D eigenvalue weighted by Crippen LogP contribution is -2.42. The van der Waals surface area contributed by atoms with E-state index in [0.717, 1.165) is 12.8 Å². The summed E-state index contributed by atoms with van der Waals surface area (Å²) in [4.78, 5) is 11.0. The predicted octanol–water partition coefficient (Wildman–Crippen LogP) is -0.140. The normalized spacial score (nSPS) is 17.9. The van der Waals surface area contributed by atoms with Gasteiger partial charge in [-0.15, -0.1) is 0 Å². The summed E-state index contributed by atoms with van der Waals surface area (Å²) in [6.07, 6.45) is 2.65. The molecule has 7 nitrogen and oxygen atoms in total. The van der Waals surface area contributed by atoms with Gasteiger partial charge in [0.15, 0.2) is 0 Å². The number of sulfonamides is 1. The highest BCUT2D eigenvalue weighted by molar-refractivity contribution is 7.89. The average Bonchev–Trinajstić information content (AvgIpc) is 2.97. The Morgan fingerprint density at radius 1 is 1.65 bits per heavy atom. The molecule has 0 radical (unpaired) electrons. The van der Waals surface area contributed by atoms with Crippen LogP contribution in [0.2, 0.25) is 0 Å². The number of aromatic amines is 1. The first-order valence-electron chi connectivity index (χ1n) is 5.17. The van der Waals surface area contributed by atoms with Gasteiger partial charge in [-0.05, 0) is 25.7 Å². The van der Waals surface area contributed by atoms with Crippen molar-refractivity contribution in [1.82, 2.24) is 14.9 Å². The largest absolute Gasteiger partial charge is 0.480 e. The minimum absolute atomic E-state index is 0.00981. The van der Waals surface area contributed by atoms with E-state index in [4.69, 9.17) is 5.11 Å². The number of carbonyl (C=O) groups is 1. The van der Waals surface area contributed by atoms with Crippen LogP contribution in [-0.4, -0.2) is 35.7 Å². The van der Waals surface area contributed by atoms with Crippen LogP contribution in [0.3, 0.4) is 0 Å². The molecule has 1 aliphatic rings. The monoisotopic (exact) mass is 259 g/mol. The number of rotatable bonds is 5. The van der Waals surface area contributed by atoms with E-state index in [0.29, 0.717) is 5.69 Å². The zero-order chi connectivity index (χ0) is 12.6. The molecule has 0 bridgehead atoms. The number of H-pyrrole nitrogens is 1. The van der Waals surface area contributed by atoms with Gasteiger partial charge in [-0.2, -0.15) is 9.82 Å². The lowest BCUT2D eigenvalue weighted by atomic mass is 10.2. The molecule has 1 heterocycles. The van der Waals surface area contributed by atoms with Crippen LogP contribution in [0, 0.1) is 12.8 Å². The molecule has 2 rings (SSSR count). The molecule has 1 saturated carbocycles. The molecule has 1 aliphatic carbocycles. The van der Waals surface area contributed by atoms with Crippen LogP contribution >= 0.6 is 0 Å². The maximum atomic E-state index is 11.9. The third-order valence-electron chi connectivity index (χ3n) is 2.71. The van der Waals surface area contributed by atoms with E-state index < -0.39 is 22.0 Å². The van der Waals surface area contributed by atoms with Crippen molar-refractivity contribution in [2.75, 3.05) is 0 Å². The summed E-state index contributed by atoms with van der Waals surface area (Å²) >= 11 is 0. The molecule has 17 heavy (non-hydrogen) atoms. The fraction of sp³-hybridized carbons (Fsp3) is 0.556. The molecule has 0 aliphatic heterocycles. The van der Waals surface area contributed by atoms with Crippen molar-refractivity contribution in [3.63, 3.8) is 0 Å². The van der Waals surface area contributed by atoms with Gasteiger partial charge in [-0.25, -0.2) is 8.42 Å². The van der Waals surface area contributed by atoms with E-state index >= 15 is 0 Å². The van der Waals surface area contributed by atoms with Crippen molar-refractivity contribution in [3.05, 3.63) is 11.9 Å². The number of aromatic nitrogens is 2. The fourth-order valence-electron chi connectivity index (χ4n) is 1.62. The molecule has 1 unspecified atom stereocenters. The third kappa shape index (κ3) is 2.47. The van der Waals surface area contributed by atoms with Crippen LogP contribution < -0.4 is 4.72 Å². The Bertz CT molecular complexity index is 532. The van der Waals surface area contributed by atoms with E-state index in [1.54, 1.807) is 6.92 Å². The maximum absolute atomic E-state index is 11.9. The number of carboxylic acids is 1. The quantitative estimate of drug-likeness (QED) is 0.681. The minimum Gasteiger partial charge on any atom is -0.480 e. The Balaban J connectivity index is 2.22. The summed E-state index contributed by atoms with van der Waals surface area (Å²) in [5.74, 6) is -1.24. The first-order valence-corrected chi connectivity index (χ1v) is 6.65. The summed E-state index contributed by atoms with van der Waals surface area (Å²) < 4.78 is 26.1. The van der Waals surface area contributed by atoms with Crippen LogP contribution in [0.5, 0.6) is 0 Å². The second kappa shape index (κ2) is 4.11. The average molecular weight is 259 g/mol.